The van der Waals surface area contributed by atoms with Crippen LogP contribution in [0, 0.1) is 13.8 Å². The van der Waals surface area contributed by atoms with Crippen LogP contribution >= 0.6 is 0 Å². The number of aromatic amines is 1. The van der Waals surface area contributed by atoms with E-state index in [1.165, 1.54) is 22.3 Å². The van der Waals surface area contributed by atoms with Crippen LogP contribution in [0.5, 0.6) is 0 Å². The molecule has 5 heteroatoms. The highest BCUT2D eigenvalue weighted by Gasteiger charge is 2.20. The van der Waals surface area contributed by atoms with E-state index in [1.807, 2.05) is 6.20 Å². The highest BCUT2D eigenvalue weighted by Crippen LogP contribution is 2.36. The third kappa shape index (κ3) is 2.61. The van der Waals surface area contributed by atoms with Gasteiger partial charge in [-0.05, 0) is 49.1 Å². The second-order valence-corrected chi connectivity index (χ2v) is 6.76. The number of benzene rings is 1. The van der Waals surface area contributed by atoms with Crippen molar-refractivity contribution in [1.82, 2.24) is 15.3 Å². The molecule has 1 aromatic carbocycles. The largest absolute Gasteiger partial charge is 0.369 e. The number of nitrogens with zero attached hydrogens (tertiary/aromatic N) is 1. The predicted molar refractivity (Wildman–Crippen MR) is 99.3 cm³/mol. The number of aryl methyl sites for hydroxylation is 2. The molecule has 3 aromatic rings. The maximum Gasteiger partial charge on any atom is 0.223 e. The van der Waals surface area contributed by atoms with E-state index in [9.17, 15) is 4.79 Å². The van der Waals surface area contributed by atoms with Crippen LogP contribution in [0.3, 0.4) is 0 Å². The van der Waals surface area contributed by atoms with Crippen molar-refractivity contribution >= 4 is 16.8 Å². The van der Waals surface area contributed by atoms with E-state index in [0.717, 1.165) is 41.7 Å². The zero-order valence-corrected chi connectivity index (χ0v) is 14.6. The Kier molecular flexibility index (Phi) is 3.81. The second kappa shape index (κ2) is 6.01. The molecular formula is C20H22N4O. The third-order valence-corrected chi connectivity index (χ3v) is 5.18. The zero-order valence-electron chi connectivity index (χ0n) is 14.6. The number of fused-ring (bicyclic) bond motifs is 2. The molecule has 0 fully saturated rings. The summed E-state index contributed by atoms with van der Waals surface area (Å²) in [4.78, 5) is 19.4. The number of nitrogens with two attached hydrogens (primary N) is 1. The molecule has 3 heterocycles. The summed E-state index contributed by atoms with van der Waals surface area (Å²) >= 11 is 0. The minimum atomic E-state index is -0.366. The molecule has 0 radical (unpaired) electrons. The first kappa shape index (κ1) is 15.8. The molecule has 0 bridgehead atoms. The van der Waals surface area contributed by atoms with Gasteiger partial charge in [0.25, 0.3) is 0 Å². The molecule has 0 aliphatic carbocycles. The SMILES string of the molecule is Cc1[nH]c2c(CC(N)=O)ncc(-c3cccc4c3CCNC4)c2c1C. The lowest BCUT2D eigenvalue weighted by atomic mass is 9.90. The van der Waals surface area contributed by atoms with Gasteiger partial charge >= 0.3 is 0 Å². The monoisotopic (exact) mass is 334 g/mol. The average Bonchev–Trinajstić information content (AvgIpc) is 2.90. The van der Waals surface area contributed by atoms with Gasteiger partial charge in [0.05, 0.1) is 17.6 Å². The molecule has 2 aromatic heterocycles. The number of rotatable bonds is 3. The van der Waals surface area contributed by atoms with Crippen molar-refractivity contribution in [2.24, 2.45) is 5.73 Å². The lowest BCUT2D eigenvalue weighted by Gasteiger charge is -2.21. The highest BCUT2D eigenvalue weighted by molar-refractivity contribution is 6.00. The maximum atomic E-state index is 11.4. The Morgan fingerprint density at radius 3 is 2.92 bits per heavy atom. The van der Waals surface area contributed by atoms with Crippen LogP contribution in [0.1, 0.15) is 28.1 Å². The van der Waals surface area contributed by atoms with Gasteiger partial charge in [-0.25, -0.2) is 0 Å². The number of nitrogens with one attached hydrogen (secondary N) is 2. The van der Waals surface area contributed by atoms with Gasteiger partial charge in [0.15, 0.2) is 0 Å². The normalized spacial score (nSPS) is 13.8. The average molecular weight is 334 g/mol. The molecule has 4 rings (SSSR count). The Balaban J connectivity index is 1.99. The van der Waals surface area contributed by atoms with Crippen LogP contribution in [0.4, 0.5) is 0 Å². The summed E-state index contributed by atoms with van der Waals surface area (Å²) in [6, 6.07) is 6.47. The third-order valence-electron chi connectivity index (χ3n) is 5.18. The van der Waals surface area contributed by atoms with Gasteiger partial charge in [-0.1, -0.05) is 18.2 Å². The summed E-state index contributed by atoms with van der Waals surface area (Å²) in [5.41, 5.74) is 14.5. The molecule has 128 valence electrons. The van der Waals surface area contributed by atoms with Crippen molar-refractivity contribution < 1.29 is 4.79 Å². The number of carbonyl (C=O) groups is 1. The number of aromatic nitrogens is 2. The number of hydrogen-bond donors (Lipinski definition) is 3. The molecule has 0 saturated carbocycles. The van der Waals surface area contributed by atoms with Gasteiger partial charge in [0.2, 0.25) is 5.91 Å². The van der Waals surface area contributed by atoms with Crippen molar-refractivity contribution in [3.05, 3.63) is 52.5 Å². The summed E-state index contributed by atoms with van der Waals surface area (Å²) in [6.45, 7) is 6.07. The van der Waals surface area contributed by atoms with Gasteiger partial charge in [-0.2, -0.15) is 0 Å². The van der Waals surface area contributed by atoms with Crippen molar-refractivity contribution in [2.75, 3.05) is 6.54 Å². The molecule has 0 unspecified atom stereocenters. The van der Waals surface area contributed by atoms with Gasteiger partial charge in [0, 0.05) is 29.4 Å². The van der Waals surface area contributed by atoms with Crippen LogP contribution < -0.4 is 11.1 Å². The standard InChI is InChI=1S/C20H22N4O/c1-11-12(2)24-20-17(8-18(21)25)23-10-16(19(11)20)15-5-3-4-13-9-22-7-6-14(13)15/h3-5,10,22,24H,6-9H2,1-2H3,(H2,21,25). The smallest absolute Gasteiger partial charge is 0.223 e. The molecule has 25 heavy (non-hydrogen) atoms. The lowest BCUT2D eigenvalue weighted by molar-refractivity contribution is -0.117. The molecule has 0 spiro atoms. The lowest BCUT2D eigenvalue weighted by Crippen LogP contribution is -2.24. The molecule has 0 saturated heterocycles. The fourth-order valence-corrected chi connectivity index (χ4v) is 3.83. The predicted octanol–water partition coefficient (Wildman–Crippen LogP) is 2.52. The first-order valence-corrected chi connectivity index (χ1v) is 8.63. The summed E-state index contributed by atoms with van der Waals surface area (Å²) in [6.07, 6.45) is 3.06. The van der Waals surface area contributed by atoms with E-state index in [-0.39, 0.29) is 12.3 Å². The Bertz CT molecular complexity index is 987. The van der Waals surface area contributed by atoms with Gasteiger partial charge in [-0.15, -0.1) is 0 Å². The number of H-pyrrole nitrogens is 1. The zero-order chi connectivity index (χ0) is 17.6. The van der Waals surface area contributed by atoms with Crippen molar-refractivity contribution in [2.45, 2.75) is 33.2 Å². The van der Waals surface area contributed by atoms with E-state index >= 15 is 0 Å². The van der Waals surface area contributed by atoms with Crippen LogP contribution in [0.2, 0.25) is 0 Å². The first-order chi connectivity index (χ1) is 12.1. The summed E-state index contributed by atoms with van der Waals surface area (Å²) < 4.78 is 0. The topological polar surface area (TPSA) is 83.8 Å². The maximum absolute atomic E-state index is 11.4. The van der Waals surface area contributed by atoms with Gasteiger partial charge in [-0.3, -0.25) is 9.78 Å². The second-order valence-electron chi connectivity index (χ2n) is 6.76. The Hall–Kier alpha value is -2.66. The van der Waals surface area contributed by atoms with Crippen LogP contribution in [0.25, 0.3) is 22.0 Å². The Labute approximate surface area is 146 Å². The van der Waals surface area contributed by atoms with Gasteiger partial charge in [0.1, 0.15) is 0 Å². The summed E-state index contributed by atoms with van der Waals surface area (Å²) in [5.74, 6) is -0.366. The highest BCUT2D eigenvalue weighted by atomic mass is 16.1. The van der Waals surface area contributed by atoms with Crippen molar-refractivity contribution in [3.8, 4) is 11.1 Å². The van der Waals surface area contributed by atoms with E-state index < -0.39 is 0 Å². The van der Waals surface area contributed by atoms with Crippen LogP contribution in [-0.4, -0.2) is 22.4 Å². The minimum absolute atomic E-state index is 0.146. The number of hydrogen-bond acceptors (Lipinski definition) is 3. The molecule has 1 aliphatic rings. The van der Waals surface area contributed by atoms with E-state index in [4.69, 9.17) is 5.73 Å². The number of carbonyl (C=O) groups excluding carboxylic acids is 1. The van der Waals surface area contributed by atoms with Crippen molar-refractivity contribution in [3.63, 3.8) is 0 Å². The van der Waals surface area contributed by atoms with E-state index in [1.54, 1.807) is 0 Å². The molecule has 5 nitrogen and oxygen atoms in total. The van der Waals surface area contributed by atoms with Crippen LogP contribution in [-0.2, 0) is 24.2 Å². The summed E-state index contributed by atoms with van der Waals surface area (Å²) in [5, 5.41) is 4.58. The van der Waals surface area contributed by atoms with Crippen molar-refractivity contribution in [1.29, 1.82) is 0 Å². The number of primary amides is 1. The molecular weight excluding hydrogens is 312 g/mol. The molecule has 4 N–H and O–H groups in total. The Morgan fingerprint density at radius 2 is 2.12 bits per heavy atom. The quantitative estimate of drug-likeness (QED) is 0.688. The Morgan fingerprint density at radius 1 is 1.28 bits per heavy atom. The molecule has 0 atom stereocenters. The fraction of sp³-hybridized carbons (Fsp3) is 0.300. The first-order valence-electron chi connectivity index (χ1n) is 8.63. The summed E-state index contributed by atoms with van der Waals surface area (Å²) in [7, 11) is 0. The molecule has 1 aliphatic heterocycles. The van der Waals surface area contributed by atoms with Crippen LogP contribution in [0.15, 0.2) is 24.4 Å². The number of amides is 1. The number of pyridine rings is 1. The fourth-order valence-electron chi connectivity index (χ4n) is 3.83. The van der Waals surface area contributed by atoms with Gasteiger partial charge < -0.3 is 16.0 Å². The van der Waals surface area contributed by atoms with E-state index in [2.05, 4.69) is 47.3 Å². The minimum Gasteiger partial charge on any atom is -0.369 e. The molecule has 1 amide bonds. The van der Waals surface area contributed by atoms with E-state index in [0.29, 0.717) is 5.69 Å².